The molecule has 2 nitrogen and oxygen atoms in total. The first-order valence-corrected chi connectivity index (χ1v) is 8.35. The van der Waals surface area contributed by atoms with Crippen LogP contribution in [0.4, 0.5) is 4.39 Å². The van der Waals surface area contributed by atoms with Gasteiger partial charge in [0.2, 0.25) is 0 Å². The fraction of sp³-hybridized carbons (Fsp3) is 0.353. The molecular weight excluding hydrogens is 283 g/mol. The van der Waals surface area contributed by atoms with Gasteiger partial charge in [-0.3, -0.25) is 4.98 Å². The number of halogens is 1. The molecule has 0 spiro atoms. The van der Waals surface area contributed by atoms with Gasteiger partial charge in [0.15, 0.2) is 0 Å². The molecule has 4 heteroatoms. The highest BCUT2D eigenvalue weighted by Crippen LogP contribution is 2.37. The molecule has 0 saturated carbocycles. The highest BCUT2D eigenvalue weighted by molar-refractivity contribution is 7.99. The van der Waals surface area contributed by atoms with Gasteiger partial charge in [-0.1, -0.05) is 25.1 Å². The van der Waals surface area contributed by atoms with Gasteiger partial charge in [-0.05, 0) is 41.9 Å². The Morgan fingerprint density at radius 2 is 2.24 bits per heavy atom. The number of aryl methyl sites for hydroxylation is 1. The fourth-order valence-electron chi connectivity index (χ4n) is 2.77. The molecule has 0 fully saturated rings. The Balaban J connectivity index is 1.77. The Morgan fingerprint density at radius 3 is 3.10 bits per heavy atom. The van der Waals surface area contributed by atoms with Crippen LogP contribution < -0.4 is 5.32 Å². The van der Waals surface area contributed by atoms with Crippen LogP contribution in [0.15, 0.2) is 41.4 Å². The van der Waals surface area contributed by atoms with E-state index in [1.165, 1.54) is 5.56 Å². The molecule has 2 heterocycles. The summed E-state index contributed by atoms with van der Waals surface area (Å²) in [6.07, 6.45) is 3.84. The quantitative estimate of drug-likeness (QED) is 0.920. The van der Waals surface area contributed by atoms with Gasteiger partial charge in [-0.25, -0.2) is 4.39 Å². The van der Waals surface area contributed by atoms with E-state index in [0.29, 0.717) is 0 Å². The van der Waals surface area contributed by atoms with E-state index >= 15 is 0 Å². The zero-order valence-electron chi connectivity index (χ0n) is 12.1. The maximum Gasteiger partial charge on any atom is 0.137 e. The standard InChI is InChI=1S/C17H19FN2S/c1-2-12-5-4-9-19-16(12)11-20-15-8-10-21-17-13(15)6-3-7-14(17)18/h3-7,9,15,20H,2,8,10-11H2,1H3. The normalized spacial score (nSPS) is 17.5. The molecule has 1 N–H and O–H groups in total. The lowest BCUT2D eigenvalue weighted by molar-refractivity contribution is 0.492. The van der Waals surface area contributed by atoms with E-state index in [0.717, 1.165) is 41.3 Å². The number of rotatable bonds is 4. The number of benzene rings is 1. The Labute approximate surface area is 129 Å². The molecule has 2 aromatic rings. The minimum Gasteiger partial charge on any atom is -0.304 e. The second-order valence-electron chi connectivity index (χ2n) is 5.19. The summed E-state index contributed by atoms with van der Waals surface area (Å²) in [4.78, 5) is 5.27. The van der Waals surface area contributed by atoms with Crippen molar-refractivity contribution in [3.05, 3.63) is 59.2 Å². The van der Waals surface area contributed by atoms with E-state index in [1.54, 1.807) is 23.9 Å². The number of nitrogens with one attached hydrogen (secondary N) is 1. The van der Waals surface area contributed by atoms with Crippen LogP contribution in [0.5, 0.6) is 0 Å². The van der Waals surface area contributed by atoms with Crippen molar-refractivity contribution in [2.45, 2.75) is 37.2 Å². The van der Waals surface area contributed by atoms with Crippen LogP contribution in [0.1, 0.15) is 36.2 Å². The van der Waals surface area contributed by atoms with Gasteiger partial charge in [0.1, 0.15) is 5.82 Å². The lowest BCUT2D eigenvalue weighted by atomic mass is 10.0. The second-order valence-corrected chi connectivity index (χ2v) is 6.30. The Bertz CT molecular complexity index is 630. The number of fused-ring (bicyclic) bond motifs is 1. The zero-order chi connectivity index (χ0) is 14.7. The molecule has 1 atom stereocenters. The molecule has 110 valence electrons. The summed E-state index contributed by atoms with van der Waals surface area (Å²) in [5, 5.41) is 3.55. The summed E-state index contributed by atoms with van der Waals surface area (Å²) in [6.45, 7) is 2.87. The van der Waals surface area contributed by atoms with Crippen molar-refractivity contribution in [2.24, 2.45) is 0 Å². The van der Waals surface area contributed by atoms with E-state index in [9.17, 15) is 4.39 Å². The van der Waals surface area contributed by atoms with Crippen LogP contribution in [0.2, 0.25) is 0 Å². The molecule has 1 aromatic carbocycles. The van der Waals surface area contributed by atoms with Crippen molar-refractivity contribution in [1.29, 1.82) is 0 Å². The van der Waals surface area contributed by atoms with Crippen LogP contribution in [-0.2, 0) is 13.0 Å². The first-order chi connectivity index (χ1) is 10.3. The first kappa shape index (κ1) is 14.5. The number of thioether (sulfide) groups is 1. The van der Waals surface area contributed by atoms with Crippen LogP contribution in [0.25, 0.3) is 0 Å². The van der Waals surface area contributed by atoms with Crippen molar-refractivity contribution in [1.82, 2.24) is 10.3 Å². The third-order valence-corrected chi connectivity index (χ3v) is 5.07. The van der Waals surface area contributed by atoms with E-state index in [4.69, 9.17) is 0 Å². The summed E-state index contributed by atoms with van der Waals surface area (Å²) in [5.74, 6) is 0.852. The van der Waals surface area contributed by atoms with Crippen LogP contribution in [0, 0.1) is 5.82 Å². The summed E-state index contributed by atoms with van der Waals surface area (Å²) in [6, 6.07) is 9.68. The second kappa shape index (κ2) is 6.58. The van der Waals surface area contributed by atoms with Crippen molar-refractivity contribution in [3.63, 3.8) is 0 Å². The van der Waals surface area contributed by atoms with E-state index in [-0.39, 0.29) is 11.9 Å². The molecule has 0 radical (unpaired) electrons. The Hall–Kier alpha value is -1.39. The largest absolute Gasteiger partial charge is 0.304 e. The topological polar surface area (TPSA) is 24.9 Å². The minimum absolute atomic E-state index is 0.101. The minimum atomic E-state index is -0.101. The molecule has 1 aliphatic rings. The van der Waals surface area contributed by atoms with Crippen molar-refractivity contribution < 1.29 is 4.39 Å². The maximum atomic E-state index is 13.9. The highest BCUT2D eigenvalue weighted by Gasteiger charge is 2.22. The smallest absolute Gasteiger partial charge is 0.137 e. The number of aromatic nitrogens is 1. The lowest BCUT2D eigenvalue weighted by Gasteiger charge is -2.26. The molecule has 1 unspecified atom stereocenters. The monoisotopic (exact) mass is 302 g/mol. The number of hydrogen-bond donors (Lipinski definition) is 1. The number of nitrogens with zero attached hydrogens (tertiary/aromatic N) is 1. The molecule has 0 aliphatic carbocycles. The van der Waals surface area contributed by atoms with E-state index in [1.807, 2.05) is 18.3 Å². The van der Waals surface area contributed by atoms with Gasteiger partial charge < -0.3 is 5.32 Å². The fourth-order valence-corrected chi connectivity index (χ4v) is 3.91. The zero-order valence-corrected chi connectivity index (χ0v) is 12.9. The molecular formula is C17H19FN2S. The average molecular weight is 302 g/mol. The lowest BCUT2D eigenvalue weighted by Crippen LogP contribution is -2.25. The van der Waals surface area contributed by atoms with E-state index in [2.05, 4.69) is 23.3 Å². The van der Waals surface area contributed by atoms with Gasteiger partial charge in [0, 0.05) is 23.7 Å². The summed E-state index contributed by atoms with van der Waals surface area (Å²) in [7, 11) is 0. The van der Waals surface area contributed by atoms with Crippen molar-refractivity contribution in [3.8, 4) is 0 Å². The van der Waals surface area contributed by atoms with Gasteiger partial charge in [0.25, 0.3) is 0 Å². The van der Waals surface area contributed by atoms with Gasteiger partial charge in [-0.15, -0.1) is 11.8 Å². The number of hydrogen-bond acceptors (Lipinski definition) is 3. The van der Waals surface area contributed by atoms with Gasteiger partial charge >= 0.3 is 0 Å². The maximum absolute atomic E-state index is 13.9. The third kappa shape index (κ3) is 3.11. The molecule has 1 aliphatic heterocycles. The highest BCUT2D eigenvalue weighted by atomic mass is 32.2. The van der Waals surface area contributed by atoms with Gasteiger partial charge in [0.05, 0.1) is 5.69 Å². The Morgan fingerprint density at radius 1 is 1.33 bits per heavy atom. The average Bonchev–Trinajstić information content (AvgIpc) is 2.53. The molecule has 0 bridgehead atoms. The molecule has 1 aromatic heterocycles. The summed E-state index contributed by atoms with van der Waals surface area (Å²) >= 11 is 1.62. The van der Waals surface area contributed by atoms with Gasteiger partial charge in [-0.2, -0.15) is 0 Å². The van der Waals surface area contributed by atoms with E-state index < -0.39 is 0 Å². The molecule has 0 saturated heterocycles. The van der Waals surface area contributed by atoms with Crippen LogP contribution in [-0.4, -0.2) is 10.7 Å². The molecule has 21 heavy (non-hydrogen) atoms. The number of pyridine rings is 1. The predicted octanol–water partition coefficient (Wildman–Crippen LogP) is 4.11. The SMILES string of the molecule is CCc1cccnc1CNC1CCSc2c(F)cccc21. The first-order valence-electron chi connectivity index (χ1n) is 7.37. The summed E-state index contributed by atoms with van der Waals surface area (Å²) in [5.41, 5.74) is 3.45. The van der Waals surface area contributed by atoms with Crippen LogP contribution >= 0.6 is 11.8 Å². The predicted molar refractivity (Wildman–Crippen MR) is 84.9 cm³/mol. The van der Waals surface area contributed by atoms with Crippen molar-refractivity contribution >= 4 is 11.8 Å². The Kier molecular flexibility index (Phi) is 4.56. The molecule has 0 amide bonds. The van der Waals surface area contributed by atoms with Crippen molar-refractivity contribution in [2.75, 3.05) is 5.75 Å². The summed E-state index contributed by atoms with van der Waals surface area (Å²) < 4.78 is 13.9. The third-order valence-electron chi connectivity index (χ3n) is 3.91. The molecule has 3 rings (SSSR count). The van der Waals surface area contributed by atoms with Crippen LogP contribution in [0.3, 0.4) is 0 Å².